The predicted molar refractivity (Wildman–Crippen MR) is 81.1 cm³/mol. The summed E-state index contributed by atoms with van der Waals surface area (Å²) in [4.78, 5) is 17.9. The van der Waals surface area contributed by atoms with Gasteiger partial charge in [-0.15, -0.1) is 11.3 Å². The Hall–Kier alpha value is -1.83. The van der Waals surface area contributed by atoms with Crippen molar-refractivity contribution in [3.63, 3.8) is 0 Å². The van der Waals surface area contributed by atoms with E-state index in [1.165, 1.54) is 23.5 Å². The molecule has 0 bridgehead atoms. The minimum Gasteiger partial charge on any atom is -0.390 e. The minimum atomic E-state index is -0.642. The van der Waals surface area contributed by atoms with Crippen LogP contribution in [-0.4, -0.2) is 46.1 Å². The highest BCUT2D eigenvalue weighted by atomic mass is 32.1. The van der Waals surface area contributed by atoms with Crippen LogP contribution in [0.4, 0.5) is 4.39 Å². The number of nitrogens with one attached hydrogen (secondary N) is 1. The van der Waals surface area contributed by atoms with Crippen LogP contribution < -0.4 is 5.32 Å². The molecule has 2 N–H and O–H groups in total. The number of thiazole rings is 1. The van der Waals surface area contributed by atoms with Crippen LogP contribution >= 0.6 is 11.3 Å². The van der Waals surface area contributed by atoms with E-state index in [0.29, 0.717) is 25.3 Å². The summed E-state index contributed by atoms with van der Waals surface area (Å²) in [6, 6.07) is 6.05. The van der Waals surface area contributed by atoms with Crippen LogP contribution in [0.1, 0.15) is 16.1 Å². The number of carbonyl (C=O) groups is 1. The summed E-state index contributed by atoms with van der Waals surface area (Å²) in [5.41, 5.74) is 2.80. The van der Waals surface area contributed by atoms with Crippen LogP contribution in [-0.2, 0) is 6.54 Å². The number of aliphatic hydroxyl groups is 1. The fourth-order valence-corrected chi connectivity index (χ4v) is 3.13. The van der Waals surface area contributed by atoms with E-state index >= 15 is 0 Å². The Bertz CT molecular complexity index is 650. The van der Waals surface area contributed by atoms with Gasteiger partial charge in [-0.3, -0.25) is 9.69 Å². The molecular formula is C15H16FN3O2S. The number of β-amino-alcohol motifs (C(OH)–C–C–N with tert-alkyl or cyclic N) is 1. The van der Waals surface area contributed by atoms with Gasteiger partial charge in [-0.25, -0.2) is 9.37 Å². The van der Waals surface area contributed by atoms with Crippen LogP contribution in [0.15, 0.2) is 35.2 Å². The van der Waals surface area contributed by atoms with Crippen molar-refractivity contribution in [3.8, 4) is 0 Å². The average molecular weight is 321 g/mol. The SMILES string of the molecule is O=C(N[C@@H]1CN(Cc2cccc(F)c2)C[C@H]1O)c1cscn1. The minimum absolute atomic E-state index is 0.273. The molecule has 1 aromatic carbocycles. The second-order valence-electron chi connectivity index (χ2n) is 5.34. The quantitative estimate of drug-likeness (QED) is 0.890. The van der Waals surface area contributed by atoms with Crippen LogP contribution in [0.25, 0.3) is 0 Å². The third kappa shape index (κ3) is 3.49. The van der Waals surface area contributed by atoms with Crippen LogP contribution in [0.2, 0.25) is 0 Å². The van der Waals surface area contributed by atoms with Crippen LogP contribution in [0.5, 0.6) is 0 Å². The fraction of sp³-hybridized carbons (Fsp3) is 0.333. The lowest BCUT2D eigenvalue weighted by atomic mass is 10.2. The lowest BCUT2D eigenvalue weighted by Gasteiger charge is -2.16. The van der Waals surface area contributed by atoms with Crippen molar-refractivity contribution in [3.05, 3.63) is 52.2 Å². The molecule has 0 radical (unpaired) electrons. The van der Waals surface area contributed by atoms with Crippen molar-refractivity contribution in [2.75, 3.05) is 13.1 Å². The molecule has 22 heavy (non-hydrogen) atoms. The molecule has 3 rings (SSSR count). The Labute approximate surface area is 131 Å². The van der Waals surface area contributed by atoms with E-state index in [9.17, 15) is 14.3 Å². The zero-order chi connectivity index (χ0) is 15.5. The third-order valence-corrected chi connectivity index (χ3v) is 4.23. The normalized spacial score (nSPS) is 21.9. The number of hydrogen-bond acceptors (Lipinski definition) is 5. The molecule has 1 aliphatic heterocycles. The van der Waals surface area contributed by atoms with E-state index in [4.69, 9.17) is 0 Å². The molecule has 5 nitrogen and oxygen atoms in total. The van der Waals surface area contributed by atoms with Gasteiger partial charge in [0, 0.05) is 25.0 Å². The Balaban J connectivity index is 1.58. The van der Waals surface area contributed by atoms with Crippen LogP contribution in [0.3, 0.4) is 0 Å². The van der Waals surface area contributed by atoms with Gasteiger partial charge in [-0.1, -0.05) is 12.1 Å². The number of halogens is 1. The van der Waals surface area contributed by atoms with Gasteiger partial charge < -0.3 is 10.4 Å². The van der Waals surface area contributed by atoms with Gasteiger partial charge in [0.25, 0.3) is 5.91 Å². The number of likely N-dealkylation sites (tertiary alicyclic amines) is 1. The van der Waals surface area contributed by atoms with Gasteiger partial charge in [-0.05, 0) is 17.7 Å². The molecule has 7 heteroatoms. The zero-order valence-electron chi connectivity index (χ0n) is 11.8. The molecule has 0 spiro atoms. The van der Waals surface area contributed by atoms with E-state index < -0.39 is 6.10 Å². The number of aliphatic hydroxyl groups excluding tert-OH is 1. The maximum Gasteiger partial charge on any atom is 0.271 e. The van der Waals surface area contributed by atoms with Crippen LogP contribution in [0, 0.1) is 5.82 Å². The van der Waals surface area contributed by atoms with E-state index in [-0.39, 0.29) is 17.8 Å². The van der Waals surface area contributed by atoms with Crippen molar-refractivity contribution in [1.29, 1.82) is 0 Å². The first-order valence-corrected chi connectivity index (χ1v) is 7.90. The van der Waals surface area contributed by atoms with Gasteiger partial charge in [0.15, 0.2) is 0 Å². The van der Waals surface area contributed by atoms with Gasteiger partial charge in [0.05, 0.1) is 17.7 Å². The van der Waals surface area contributed by atoms with Gasteiger partial charge in [-0.2, -0.15) is 0 Å². The maximum atomic E-state index is 13.2. The first-order valence-electron chi connectivity index (χ1n) is 6.96. The standard InChI is InChI=1S/C15H16FN3O2S/c16-11-3-1-2-10(4-11)5-19-6-12(14(20)7-19)18-15(21)13-8-22-9-17-13/h1-4,8-9,12,14,20H,5-7H2,(H,18,21)/t12-,14-/m1/s1. The molecule has 0 unspecified atom stereocenters. The molecule has 1 aliphatic rings. The molecule has 116 valence electrons. The highest BCUT2D eigenvalue weighted by Crippen LogP contribution is 2.15. The number of carbonyl (C=O) groups excluding carboxylic acids is 1. The lowest BCUT2D eigenvalue weighted by molar-refractivity contribution is 0.0884. The van der Waals surface area contributed by atoms with Gasteiger partial charge >= 0.3 is 0 Å². The van der Waals surface area contributed by atoms with Crippen molar-refractivity contribution in [1.82, 2.24) is 15.2 Å². The second-order valence-corrected chi connectivity index (χ2v) is 6.06. The molecule has 1 aromatic heterocycles. The number of hydrogen-bond donors (Lipinski definition) is 2. The summed E-state index contributed by atoms with van der Waals surface area (Å²) in [5.74, 6) is -0.552. The molecule has 2 heterocycles. The van der Waals surface area contributed by atoms with E-state index in [0.717, 1.165) is 5.56 Å². The Morgan fingerprint density at radius 2 is 2.36 bits per heavy atom. The number of nitrogens with zero attached hydrogens (tertiary/aromatic N) is 2. The number of benzene rings is 1. The fourth-order valence-electron chi connectivity index (χ4n) is 2.60. The molecular weight excluding hydrogens is 305 g/mol. The molecule has 2 atom stereocenters. The summed E-state index contributed by atoms with van der Waals surface area (Å²) in [7, 11) is 0. The smallest absolute Gasteiger partial charge is 0.271 e. The van der Waals surface area contributed by atoms with E-state index in [2.05, 4.69) is 10.3 Å². The number of amides is 1. The molecule has 1 fully saturated rings. The van der Waals surface area contributed by atoms with Gasteiger partial charge in [0.2, 0.25) is 0 Å². The second kappa shape index (κ2) is 6.51. The molecule has 1 saturated heterocycles. The Morgan fingerprint density at radius 1 is 1.50 bits per heavy atom. The summed E-state index contributed by atoms with van der Waals surface area (Å²) >= 11 is 1.35. The molecule has 1 amide bonds. The molecule has 0 aliphatic carbocycles. The highest BCUT2D eigenvalue weighted by molar-refractivity contribution is 7.07. The van der Waals surface area contributed by atoms with E-state index in [1.807, 2.05) is 11.0 Å². The lowest BCUT2D eigenvalue weighted by Crippen LogP contribution is -2.42. The topological polar surface area (TPSA) is 65.5 Å². The Morgan fingerprint density at radius 3 is 3.09 bits per heavy atom. The van der Waals surface area contributed by atoms with Crippen molar-refractivity contribution in [2.45, 2.75) is 18.7 Å². The predicted octanol–water partition coefficient (Wildman–Crippen LogP) is 1.26. The summed E-state index contributed by atoms with van der Waals surface area (Å²) in [5, 5.41) is 14.6. The molecule has 2 aromatic rings. The van der Waals surface area contributed by atoms with Gasteiger partial charge in [0.1, 0.15) is 11.5 Å². The monoisotopic (exact) mass is 321 g/mol. The third-order valence-electron chi connectivity index (χ3n) is 3.64. The summed E-state index contributed by atoms with van der Waals surface area (Å²) in [6.07, 6.45) is -0.642. The number of rotatable bonds is 4. The summed E-state index contributed by atoms with van der Waals surface area (Å²) < 4.78 is 13.2. The first-order chi connectivity index (χ1) is 10.6. The maximum absolute atomic E-state index is 13.2. The molecule has 0 saturated carbocycles. The number of aromatic nitrogens is 1. The average Bonchev–Trinajstić information content (AvgIpc) is 3.10. The van der Waals surface area contributed by atoms with E-state index in [1.54, 1.807) is 17.0 Å². The highest BCUT2D eigenvalue weighted by Gasteiger charge is 2.32. The zero-order valence-corrected chi connectivity index (χ0v) is 12.6. The first kappa shape index (κ1) is 15.1. The Kier molecular flexibility index (Phi) is 4.47. The van der Waals surface area contributed by atoms with Crippen molar-refractivity contribution >= 4 is 17.2 Å². The van der Waals surface area contributed by atoms with Crippen molar-refractivity contribution in [2.24, 2.45) is 0 Å². The van der Waals surface area contributed by atoms with Crippen molar-refractivity contribution < 1.29 is 14.3 Å². The summed E-state index contributed by atoms with van der Waals surface area (Å²) in [6.45, 7) is 1.50. The largest absolute Gasteiger partial charge is 0.390 e.